The fourth-order valence-corrected chi connectivity index (χ4v) is 5.30. The van der Waals surface area contributed by atoms with Crippen LogP contribution in [0.15, 0.2) is 42.7 Å². The van der Waals surface area contributed by atoms with E-state index in [0.29, 0.717) is 19.0 Å². The molecule has 3 aromatic rings. The minimum atomic E-state index is 0.137. The summed E-state index contributed by atoms with van der Waals surface area (Å²) in [5, 5.41) is 0. The topological polar surface area (TPSA) is 58.6 Å². The van der Waals surface area contributed by atoms with E-state index in [1.54, 1.807) is 30.8 Å². The molecule has 0 atom stereocenters. The third kappa shape index (κ3) is 3.35. The fraction of sp³-hybridized carbons (Fsp3) is 0.318. The second kappa shape index (κ2) is 7.48. The Bertz CT molecular complexity index is 1060. The highest BCUT2D eigenvalue weighted by molar-refractivity contribution is 7.17. The Morgan fingerprint density at radius 1 is 1.07 bits per heavy atom. The Kier molecular flexibility index (Phi) is 4.67. The van der Waals surface area contributed by atoms with Crippen LogP contribution in [0.1, 0.15) is 20.8 Å². The molecule has 1 aliphatic heterocycles. The zero-order valence-electron chi connectivity index (χ0n) is 16.3. The number of carbonyl (C=O) groups is 1. The molecule has 0 spiro atoms. The van der Waals surface area contributed by atoms with Crippen molar-refractivity contribution >= 4 is 23.1 Å². The molecule has 6 nitrogen and oxygen atoms in total. The van der Waals surface area contributed by atoms with Crippen molar-refractivity contribution in [2.45, 2.75) is 12.8 Å². The number of aromatic nitrogens is 2. The van der Waals surface area contributed by atoms with Crippen molar-refractivity contribution in [3.63, 3.8) is 0 Å². The third-order valence-corrected chi connectivity index (χ3v) is 6.84. The lowest BCUT2D eigenvalue weighted by molar-refractivity contribution is 0.0751. The van der Waals surface area contributed by atoms with E-state index in [9.17, 15) is 4.79 Å². The van der Waals surface area contributed by atoms with Crippen LogP contribution in [0.5, 0.6) is 5.88 Å². The van der Waals surface area contributed by atoms with Crippen LogP contribution in [-0.2, 0) is 12.8 Å². The van der Waals surface area contributed by atoms with Gasteiger partial charge in [0.2, 0.25) is 5.88 Å². The van der Waals surface area contributed by atoms with Crippen LogP contribution in [-0.4, -0.2) is 54.1 Å². The van der Waals surface area contributed by atoms with Gasteiger partial charge in [0.15, 0.2) is 5.82 Å². The number of benzene rings is 1. The van der Waals surface area contributed by atoms with Gasteiger partial charge in [-0.3, -0.25) is 9.78 Å². The fourth-order valence-electron chi connectivity index (χ4n) is 4.06. The molecule has 1 fully saturated rings. The van der Waals surface area contributed by atoms with E-state index < -0.39 is 0 Å². The van der Waals surface area contributed by atoms with Crippen LogP contribution < -0.4 is 9.64 Å². The molecule has 2 aliphatic rings. The third-order valence-electron chi connectivity index (χ3n) is 5.65. The molecule has 0 radical (unpaired) electrons. The highest BCUT2D eigenvalue weighted by Gasteiger charge is 2.27. The first kappa shape index (κ1) is 18.1. The molecular weight excluding hydrogens is 384 g/mol. The number of amides is 1. The minimum absolute atomic E-state index is 0.137. The number of rotatable bonds is 3. The van der Waals surface area contributed by atoms with Crippen LogP contribution in [0.25, 0.3) is 10.4 Å². The first-order valence-corrected chi connectivity index (χ1v) is 10.7. The molecule has 0 saturated carbocycles. The first-order chi connectivity index (χ1) is 14.2. The number of carbonyl (C=O) groups excluding carboxylic acids is 1. The summed E-state index contributed by atoms with van der Waals surface area (Å²) in [5.74, 6) is 1.43. The summed E-state index contributed by atoms with van der Waals surface area (Å²) in [5.41, 5.74) is 3.98. The average Bonchev–Trinajstić information content (AvgIpc) is 3.24. The predicted octanol–water partition coefficient (Wildman–Crippen LogP) is 3.27. The standard InChI is InChI=1S/C22H22N4O2S/c1-28-20-14-23-13-19(24-20)25-8-10-26(11-9-25)22(27)18-12-16-7-6-15-4-2-3-5-17(15)21(16)29-18/h2-5,12-14H,6-11H2,1H3. The zero-order valence-corrected chi connectivity index (χ0v) is 17.1. The number of thiophene rings is 1. The number of anilines is 1. The molecule has 3 heterocycles. The molecule has 5 rings (SSSR count). The maximum absolute atomic E-state index is 13.1. The lowest BCUT2D eigenvalue weighted by atomic mass is 9.91. The molecule has 1 saturated heterocycles. The molecule has 148 valence electrons. The van der Waals surface area contributed by atoms with Gasteiger partial charge in [0.25, 0.3) is 5.91 Å². The summed E-state index contributed by atoms with van der Waals surface area (Å²) in [6.45, 7) is 2.83. The van der Waals surface area contributed by atoms with Crippen LogP contribution >= 0.6 is 11.3 Å². The molecular formula is C22H22N4O2S. The second-order valence-electron chi connectivity index (χ2n) is 7.32. The molecule has 0 N–H and O–H groups in total. The van der Waals surface area contributed by atoms with Gasteiger partial charge in [-0.15, -0.1) is 11.3 Å². The summed E-state index contributed by atoms with van der Waals surface area (Å²) < 4.78 is 5.16. The highest BCUT2D eigenvalue weighted by Crippen LogP contribution is 2.39. The SMILES string of the molecule is COc1cncc(N2CCN(C(=O)c3cc4c(s3)-c3ccccc3CC4)CC2)n1. The van der Waals surface area contributed by atoms with E-state index in [0.717, 1.165) is 36.6 Å². The molecule has 7 heteroatoms. The van der Waals surface area contributed by atoms with E-state index in [1.165, 1.54) is 21.6 Å². The molecule has 2 aromatic heterocycles. The van der Waals surface area contributed by atoms with E-state index in [4.69, 9.17) is 4.74 Å². The molecule has 1 aromatic carbocycles. The summed E-state index contributed by atoms with van der Waals surface area (Å²) in [7, 11) is 1.59. The zero-order chi connectivity index (χ0) is 19.8. The molecule has 0 unspecified atom stereocenters. The van der Waals surface area contributed by atoms with Crippen LogP contribution in [0.3, 0.4) is 0 Å². The quantitative estimate of drug-likeness (QED) is 0.668. The lowest BCUT2D eigenvalue weighted by Gasteiger charge is -2.35. The summed E-state index contributed by atoms with van der Waals surface area (Å²) >= 11 is 1.64. The van der Waals surface area contributed by atoms with Gasteiger partial charge in [-0.05, 0) is 35.6 Å². The number of hydrogen-bond acceptors (Lipinski definition) is 6. The Morgan fingerprint density at radius 3 is 2.69 bits per heavy atom. The van der Waals surface area contributed by atoms with Crippen molar-refractivity contribution in [1.82, 2.24) is 14.9 Å². The smallest absolute Gasteiger partial charge is 0.264 e. The number of ether oxygens (including phenoxy) is 1. The maximum Gasteiger partial charge on any atom is 0.264 e. The number of aryl methyl sites for hydroxylation is 2. The van der Waals surface area contributed by atoms with Crippen molar-refractivity contribution in [3.05, 3.63) is 58.7 Å². The Hall–Kier alpha value is -2.93. The van der Waals surface area contributed by atoms with Gasteiger partial charge in [-0.2, -0.15) is 4.98 Å². The van der Waals surface area contributed by atoms with Gasteiger partial charge in [0.1, 0.15) is 0 Å². The van der Waals surface area contributed by atoms with Crippen molar-refractivity contribution in [1.29, 1.82) is 0 Å². The van der Waals surface area contributed by atoms with Gasteiger partial charge in [-0.1, -0.05) is 24.3 Å². The first-order valence-electron chi connectivity index (χ1n) is 9.84. The summed E-state index contributed by atoms with van der Waals surface area (Å²) in [4.78, 5) is 28.0. The van der Waals surface area contributed by atoms with E-state index in [-0.39, 0.29) is 5.91 Å². The Labute approximate surface area is 173 Å². The van der Waals surface area contributed by atoms with E-state index in [1.807, 2.05) is 4.90 Å². The molecule has 29 heavy (non-hydrogen) atoms. The van der Waals surface area contributed by atoms with Gasteiger partial charge < -0.3 is 14.5 Å². The molecule has 1 aliphatic carbocycles. The largest absolute Gasteiger partial charge is 0.480 e. The van der Waals surface area contributed by atoms with Crippen LogP contribution in [0.4, 0.5) is 5.82 Å². The normalized spacial score (nSPS) is 15.6. The minimum Gasteiger partial charge on any atom is -0.480 e. The van der Waals surface area contributed by atoms with Gasteiger partial charge in [-0.25, -0.2) is 0 Å². The Balaban J connectivity index is 1.30. The maximum atomic E-state index is 13.1. The number of piperazine rings is 1. The van der Waals surface area contributed by atoms with E-state index >= 15 is 0 Å². The van der Waals surface area contributed by atoms with Crippen LogP contribution in [0, 0.1) is 0 Å². The predicted molar refractivity (Wildman–Crippen MR) is 114 cm³/mol. The lowest BCUT2D eigenvalue weighted by Crippen LogP contribution is -2.48. The molecule has 1 amide bonds. The number of fused-ring (bicyclic) bond motifs is 3. The summed E-state index contributed by atoms with van der Waals surface area (Å²) in [6, 6.07) is 10.6. The van der Waals surface area contributed by atoms with Crippen molar-refractivity contribution in [2.75, 3.05) is 38.2 Å². The Morgan fingerprint density at radius 2 is 1.86 bits per heavy atom. The monoisotopic (exact) mass is 406 g/mol. The van der Waals surface area contributed by atoms with Crippen molar-refractivity contribution in [2.24, 2.45) is 0 Å². The van der Waals surface area contributed by atoms with E-state index in [2.05, 4.69) is 45.2 Å². The van der Waals surface area contributed by atoms with Crippen molar-refractivity contribution in [3.8, 4) is 16.3 Å². The molecule has 0 bridgehead atoms. The van der Waals surface area contributed by atoms with Crippen LogP contribution in [0.2, 0.25) is 0 Å². The number of hydrogen-bond donors (Lipinski definition) is 0. The summed E-state index contributed by atoms with van der Waals surface area (Å²) in [6.07, 6.45) is 5.40. The van der Waals surface area contributed by atoms with Gasteiger partial charge >= 0.3 is 0 Å². The van der Waals surface area contributed by atoms with Gasteiger partial charge in [0.05, 0.1) is 24.4 Å². The number of nitrogens with zero attached hydrogens (tertiary/aromatic N) is 4. The highest BCUT2D eigenvalue weighted by atomic mass is 32.1. The van der Waals surface area contributed by atoms with Crippen molar-refractivity contribution < 1.29 is 9.53 Å². The average molecular weight is 407 g/mol. The second-order valence-corrected chi connectivity index (χ2v) is 8.37. The van der Waals surface area contributed by atoms with Gasteiger partial charge in [0, 0.05) is 31.1 Å². The number of methoxy groups -OCH3 is 1.